The Morgan fingerprint density at radius 3 is 2.12 bits per heavy atom. The number of rotatable bonds is 4. The van der Waals surface area contributed by atoms with Crippen LogP contribution in [0.3, 0.4) is 0 Å². The molecule has 0 bridgehead atoms. The van der Waals surface area contributed by atoms with Gasteiger partial charge in [0.25, 0.3) is 0 Å². The van der Waals surface area contributed by atoms with Gasteiger partial charge in [0.1, 0.15) is 5.78 Å². The molecule has 1 rings (SSSR count). The highest BCUT2D eigenvalue weighted by molar-refractivity contribution is 9.10. The zero-order valence-corrected chi connectivity index (χ0v) is 13.9. The third kappa shape index (κ3) is 3.92. The van der Waals surface area contributed by atoms with Gasteiger partial charge in [0, 0.05) is 10.4 Å². The SMILES string of the molecule is Cc1cc(CC(Br)C(=O)C(C)C)cc(C)c1Br. The molecule has 0 spiro atoms. The molecule has 0 amide bonds. The van der Waals surface area contributed by atoms with Gasteiger partial charge in [0.05, 0.1) is 4.83 Å². The van der Waals surface area contributed by atoms with Crippen LogP contribution in [0.4, 0.5) is 0 Å². The highest BCUT2D eigenvalue weighted by atomic mass is 79.9. The average molecular weight is 362 g/mol. The third-order valence-electron chi connectivity index (χ3n) is 2.79. The molecule has 0 fully saturated rings. The van der Waals surface area contributed by atoms with Crippen LogP contribution in [0, 0.1) is 19.8 Å². The van der Waals surface area contributed by atoms with Crippen molar-refractivity contribution in [3.63, 3.8) is 0 Å². The molecule has 17 heavy (non-hydrogen) atoms. The summed E-state index contributed by atoms with van der Waals surface area (Å²) in [5.74, 6) is 0.347. The van der Waals surface area contributed by atoms with E-state index < -0.39 is 0 Å². The Balaban J connectivity index is 2.86. The molecule has 3 heteroatoms. The zero-order chi connectivity index (χ0) is 13.2. The molecule has 0 aliphatic carbocycles. The van der Waals surface area contributed by atoms with E-state index in [-0.39, 0.29) is 16.5 Å². The minimum Gasteiger partial charge on any atom is -0.298 e. The number of benzene rings is 1. The maximum Gasteiger partial charge on any atom is 0.149 e. The van der Waals surface area contributed by atoms with Gasteiger partial charge in [0.15, 0.2) is 0 Å². The van der Waals surface area contributed by atoms with Crippen LogP contribution in [0.25, 0.3) is 0 Å². The average Bonchev–Trinajstić information content (AvgIpc) is 2.24. The first-order valence-corrected chi connectivity index (χ1v) is 7.47. The Bertz CT molecular complexity index is 401. The molecule has 0 aliphatic heterocycles. The third-order valence-corrected chi connectivity index (χ3v) is 4.81. The molecule has 1 aromatic rings. The second-order valence-electron chi connectivity index (χ2n) is 4.77. The summed E-state index contributed by atoms with van der Waals surface area (Å²) in [4.78, 5) is 11.7. The highest BCUT2D eigenvalue weighted by Gasteiger charge is 2.18. The molecular weight excluding hydrogens is 344 g/mol. The normalized spacial score (nSPS) is 12.9. The summed E-state index contributed by atoms with van der Waals surface area (Å²) in [5, 5.41) is 0. The van der Waals surface area contributed by atoms with Gasteiger partial charge in [-0.2, -0.15) is 0 Å². The number of Topliss-reactive ketones (excluding diaryl/α,β-unsaturated/α-hetero) is 1. The van der Waals surface area contributed by atoms with Crippen molar-refractivity contribution in [2.24, 2.45) is 5.92 Å². The fourth-order valence-corrected chi connectivity index (χ4v) is 2.95. The van der Waals surface area contributed by atoms with Crippen molar-refractivity contribution < 1.29 is 4.79 Å². The minimum atomic E-state index is -0.0810. The molecule has 0 heterocycles. The molecule has 0 aromatic heterocycles. The number of alkyl halides is 1. The number of carbonyl (C=O) groups is 1. The summed E-state index contributed by atoms with van der Waals surface area (Å²) in [6.07, 6.45) is 0.756. The summed E-state index contributed by atoms with van der Waals surface area (Å²) in [6, 6.07) is 4.28. The number of halogens is 2. The summed E-state index contributed by atoms with van der Waals surface area (Å²) in [5.41, 5.74) is 3.65. The molecular formula is C14H18Br2O. The van der Waals surface area contributed by atoms with Crippen molar-refractivity contribution >= 4 is 37.6 Å². The standard InChI is InChI=1S/C14H18Br2O/c1-8(2)14(17)12(15)7-11-5-9(3)13(16)10(4)6-11/h5-6,8,12H,7H2,1-4H3. The zero-order valence-electron chi connectivity index (χ0n) is 10.7. The minimum absolute atomic E-state index is 0.0806. The van der Waals surface area contributed by atoms with Gasteiger partial charge < -0.3 is 0 Å². The quantitative estimate of drug-likeness (QED) is 0.716. The van der Waals surface area contributed by atoms with E-state index in [1.807, 2.05) is 13.8 Å². The molecule has 0 saturated heterocycles. The monoisotopic (exact) mass is 360 g/mol. The van der Waals surface area contributed by atoms with E-state index in [2.05, 4.69) is 57.8 Å². The van der Waals surface area contributed by atoms with E-state index in [9.17, 15) is 4.79 Å². The Labute approximate surface area is 120 Å². The lowest BCUT2D eigenvalue weighted by molar-refractivity contribution is -0.121. The van der Waals surface area contributed by atoms with E-state index in [1.165, 1.54) is 16.7 Å². The molecule has 1 nitrogen and oxygen atoms in total. The van der Waals surface area contributed by atoms with Gasteiger partial charge in [-0.1, -0.05) is 57.8 Å². The lowest BCUT2D eigenvalue weighted by atomic mass is 9.98. The summed E-state index contributed by atoms with van der Waals surface area (Å²) in [6.45, 7) is 8.03. The van der Waals surface area contributed by atoms with Crippen molar-refractivity contribution in [2.45, 2.75) is 38.9 Å². The van der Waals surface area contributed by atoms with Gasteiger partial charge in [-0.25, -0.2) is 0 Å². The van der Waals surface area contributed by atoms with Gasteiger partial charge in [-0.15, -0.1) is 0 Å². The Kier molecular flexibility index (Phi) is 5.39. The number of carbonyl (C=O) groups excluding carboxylic acids is 1. The molecule has 0 aliphatic rings. The molecule has 0 radical (unpaired) electrons. The van der Waals surface area contributed by atoms with E-state index >= 15 is 0 Å². The van der Waals surface area contributed by atoms with Crippen molar-refractivity contribution in [1.82, 2.24) is 0 Å². The van der Waals surface area contributed by atoms with Crippen LogP contribution >= 0.6 is 31.9 Å². The Hall–Kier alpha value is -0.150. The summed E-state index contributed by atoms with van der Waals surface area (Å²) in [7, 11) is 0. The fraction of sp³-hybridized carbons (Fsp3) is 0.500. The molecule has 1 unspecified atom stereocenters. The van der Waals surface area contributed by atoms with Gasteiger partial charge in [-0.3, -0.25) is 4.79 Å². The van der Waals surface area contributed by atoms with Crippen LogP contribution in [0.2, 0.25) is 0 Å². The molecule has 1 atom stereocenters. The Morgan fingerprint density at radius 1 is 1.24 bits per heavy atom. The summed E-state index contributed by atoms with van der Waals surface area (Å²) < 4.78 is 1.16. The van der Waals surface area contributed by atoms with Crippen LogP contribution < -0.4 is 0 Å². The summed E-state index contributed by atoms with van der Waals surface area (Å²) >= 11 is 7.04. The lowest BCUT2D eigenvalue weighted by Gasteiger charge is -2.13. The number of aryl methyl sites for hydroxylation is 2. The number of hydrogen-bond acceptors (Lipinski definition) is 1. The molecule has 94 valence electrons. The molecule has 1 aromatic carbocycles. The first-order valence-electron chi connectivity index (χ1n) is 5.76. The number of ketones is 1. The van der Waals surface area contributed by atoms with Crippen LogP contribution in [0.5, 0.6) is 0 Å². The van der Waals surface area contributed by atoms with Gasteiger partial charge >= 0.3 is 0 Å². The van der Waals surface area contributed by atoms with Gasteiger partial charge in [0.2, 0.25) is 0 Å². The smallest absolute Gasteiger partial charge is 0.149 e. The molecule has 0 N–H and O–H groups in total. The fourth-order valence-electron chi connectivity index (χ4n) is 1.82. The largest absolute Gasteiger partial charge is 0.298 e. The lowest BCUT2D eigenvalue weighted by Crippen LogP contribution is -2.21. The first kappa shape index (κ1) is 14.9. The van der Waals surface area contributed by atoms with Crippen LogP contribution in [0.15, 0.2) is 16.6 Å². The van der Waals surface area contributed by atoms with Crippen molar-refractivity contribution in [2.75, 3.05) is 0 Å². The maximum absolute atomic E-state index is 11.8. The predicted octanol–water partition coefficient (Wildman–Crippen LogP) is 4.60. The Morgan fingerprint density at radius 2 is 1.71 bits per heavy atom. The van der Waals surface area contributed by atoms with Crippen molar-refractivity contribution in [3.8, 4) is 0 Å². The molecule has 0 saturated carbocycles. The van der Waals surface area contributed by atoms with Crippen LogP contribution in [-0.4, -0.2) is 10.6 Å². The van der Waals surface area contributed by atoms with Crippen LogP contribution in [0.1, 0.15) is 30.5 Å². The van der Waals surface area contributed by atoms with E-state index in [1.54, 1.807) is 0 Å². The van der Waals surface area contributed by atoms with E-state index in [4.69, 9.17) is 0 Å². The van der Waals surface area contributed by atoms with E-state index in [0.717, 1.165) is 10.9 Å². The van der Waals surface area contributed by atoms with E-state index in [0.29, 0.717) is 0 Å². The van der Waals surface area contributed by atoms with Crippen molar-refractivity contribution in [3.05, 3.63) is 33.3 Å². The topological polar surface area (TPSA) is 17.1 Å². The van der Waals surface area contributed by atoms with Gasteiger partial charge in [-0.05, 0) is 37.0 Å². The van der Waals surface area contributed by atoms with Crippen LogP contribution in [-0.2, 0) is 11.2 Å². The predicted molar refractivity (Wildman–Crippen MR) is 79.9 cm³/mol. The highest BCUT2D eigenvalue weighted by Crippen LogP contribution is 2.24. The number of hydrogen-bond donors (Lipinski definition) is 0. The second kappa shape index (κ2) is 6.14. The maximum atomic E-state index is 11.8. The van der Waals surface area contributed by atoms with Crippen molar-refractivity contribution in [1.29, 1.82) is 0 Å². The first-order chi connectivity index (χ1) is 7.82. The second-order valence-corrected chi connectivity index (χ2v) is 6.67.